The van der Waals surface area contributed by atoms with E-state index in [2.05, 4.69) is 19.2 Å². The van der Waals surface area contributed by atoms with Gasteiger partial charge in [0.2, 0.25) is 0 Å². The number of likely N-dealkylation sites (N-methyl/N-ethyl adjacent to an activating group) is 1. The van der Waals surface area contributed by atoms with Crippen molar-refractivity contribution >= 4 is 11.6 Å². The van der Waals surface area contributed by atoms with Crippen LogP contribution in [0.4, 0.5) is 4.39 Å². The average molecular weight is 244 g/mol. The molecule has 1 nitrogen and oxygen atoms in total. The summed E-state index contributed by atoms with van der Waals surface area (Å²) in [5, 5.41) is 3.67. The van der Waals surface area contributed by atoms with E-state index in [1.165, 1.54) is 6.07 Å². The van der Waals surface area contributed by atoms with Crippen LogP contribution in [-0.2, 0) is 6.42 Å². The molecule has 0 aromatic heterocycles. The second kappa shape index (κ2) is 6.21. The van der Waals surface area contributed by atoms with Crippen LogP contribution in [0, 0.1) is 11.7 Å². The predicted molar refractivity (Wildman–Crippen MR) is 67.4 cm³/mol. The quantitative estimate of drug-likeness (QED) is 0.832. The van der Waals surface area contributed by atoms with Gasteiger partial charge in [0.05, 0.1) is 0 Å². The van der Waals surface area contributed by atoms with Crippen LogP contribution in [0.15, 0.2) is 18.2 Å². The van der Waals surface area contributed by atoms with Gasteiger partial charge in [-0.1, -0.05) is 31.5 Å². The van der Waals surface area contributed by atoms with Crippen LogP contribution in [0.25, 0.3) is 0 Å². The number of hydrogen-bond acceptors (Lipinski definition) is 1. The van der Waals surface area contributed by atoms with Crippen molar-refractivity contribution in [3.05, 3.63) is 34.6 Å². The first kappa shape index (κ1) is 13.5. The summed E-state index contributed by atoms with van der Waals surface area (Å²) in [7, 11) is 1.92. The molecule has 1 N–H and O–H groups in total. The van der Waals surface area contributed by atoms with Gasteiger partial charge >= 0.3 is 0 Å². The molecule has 1 aromatic rings. The Bertz CT molecular complexity index is 339. The molecule has 0 saturated heterocycles. The van der Waals surface area contributed by atoms with Gasteiger partial charge in [-0.3, -0.25) is 0 Å². The van der Waals surface area contributed by atoms with Gasteiger partial charge in [0.15, 0.2) is 0 Å². The van der Waals surface area contributed by atoms with Crippen LogP contribution in [0.2, 0.25) is 5.02 Å². The van der Waals surface area contributed by atoms with Gasteiger partial charge in [-0.25, -0.2) is 4.39 Å². The minimum atomic E-state index is -0.212. The standard InChI is InChI=1S/C13H19ClFN/c1-9(2)6-12(16-3)7-10-4-5-11(14)8-13(10)15/h4-5,8-9,12,16H,6-7H2,1-3H3. The van der Waals surface area contributed by atoms with Crippen LogP contribution in [-0.4, -0.2) is 13.1 Å². The zero-order valence-corrected chi connectivity index (χ0v) is 10.8. The monoisotopic (exact) mass is 243 g/mol. The van der Waals surface area contributed by atoms with Crippen molar-refractivity contribution in [2.75, 3.05) is 7.05 Å². The van der Waals surface area contributed by atoms with E-state index in [1.54, 1.807) is 12.1 Å². The summed E-state index contributed by atoms with van der Waals surface area (Å²) < 4.78 is 13.6. The third-order valence-corrected chi connectivity index (χ3v) is 2.88. The molecule has 1 atom stereocenters. The first-order valence-electron chi connectivity index (χ1n) is 5.64. The first-order valence-corrected chi connectivity index (χ1v) is 6.02. The predicted octanol–water partition coefficient (Wildman–Crippen LogP) is 3.66. The maximum absolute atomic E-state index is 13.6. The Balaban J connectivity index is 2.70. The molecular weight excluding hydrogens is 225 g/mol. The summed E-state index contributed by atoms with van der Waals surface area (Å²) in [6.07, 6.45) is 1.75. The van der Waals surface area contributed by atoms with Crippen molar-refractivity contribution in [3.63, 3.8) is 0 Å². The first-order chi connectivity index (χ1) is 7.52. The van der Waals surface area contributed by atoms with Crippen molar-refractivity contribution < 1.29 is 4.39 Å². The van der Waals surface area contributed by atoms with Gasteiger partial charge < -0.3 is 5.32 Å². The fourth-order valence-corrected chi connectivity index (χ4v) is 1.98. The lowest BCUT2D eigenvalue weighted by atomic mass is 9.97. The molecule has 0 spiro atoms. The zero-order chi connectivity index (χ0) is 12.1. The highest BCUT2D eigenvalue weighted by Crippen LogP contribution is 2.17. The van der Waals surface area contributed by atoms with Crippen molar-refractivity contribution in [3.8, 4) is 0 Å². The molecule has 1 unspecified atom stereocenters. The van der Waals surface area contributed by atoms with Crippen LogP contribution in [0.3, 0.4) is 0 Å². The van der Waals surface area contributed by atoms with Crippen molar-refractivity contribution in [2.24, 2.45) is 5.92 Å². The SMILES string of the molecule is CNC(Cc1ccc(Cl)cc1F)CC(C)C. The lowest BCUT2D eigenvalue weighted by Gasteiger charge is -2.18. The Morgan fingerprint density at radius 1 is 1.38 bits per heavy atom. The summed E-state index contributed by atoms with van der Waals surface area (Å²) in [5.41, 5.74) is 0.726. The Morgan fingerprint density at radius 3 is 2.56 bits per heavy atom. The van der Waals surface area contributed by atoms with Gasteiger partial charge in [0, 0.05) is 11.1 Å². The van der Waals surface area contributed by atoms with E-state index in [0.717, 1.165) is 12.0 Å². The fraction of sp³-hybridized carbons (Fsp3) is 0.538. The molecule has 0 bridgehead atoms. The molecule has 0 saturated carbocycles. The molecule has 0 heterocycles. The number of rotatable bonds is 5. The normalized spacial score (nSPS) is 13.1. The van der Waals surface area contributed by atoms with Crippen LogP contribution in [0.5, 0.6) is 0 Å². The van der Waals surface area contributed by atoms with E-state index in [9.17, 15) is 4.39 Å². The summed E-state index contributed by atoms with van der Waals surface area (Å²) in [6.45, 7) is 4.34. The van der Waals surface area contributed by atoms with E-state index in [0.29, 0.717) is 23.4 Å². The Morgan fingerprint density at radius 2 is 2.06 bits per heavy atom. The Labute approximate surface area is 102 Å². The maximum atomic E-state index is 13.6. The molecule has 0 aliphatic carbocycles. The van der Waals surface area contributed by atoms with Crippen molar-refractivity contribution in [1.29, 1.82) is 0 Å². The zero-order valence-electron chi connectivity index (χ0n) is 10.1. The minimum Gasteiger partial charge on any atom is -0.317 e. The molecule has 0 amide bonds. The van der Waals surface area contributed by atoms with Gasteiger partial charge in [-0.05, 0) is 43.5 Å². The highest BCUT2D eigenvalue weighted by atomic mass is 35.5. The smallest absolute Gasteiger partial charge is 0.127 e. The van der Waals surface area contributed by atoms with Crippen LogP contribution < -0.4 is 5.32 Å². The molecule has 3 heteroatoms. The lowest BCUT2D eigenvalue weighted by molar-refractivity contribution is 0.435. The molecular formula is C13H19ClFN. The molecule has 1 aromatic carbocycles. The molecule has 0 radical (unpaired) electrons. The van der Waals surface area contributed by atoms with E-state index in [1.807, 2.05) is 7.05 Å². The summed E-state index contributed by atoms with van der Waals surface area (Å²) in [6, 6.07) is 5.19. The number of benzene rings is 1. The molecule has 0 aliphatic rings. The fourth-order valence-electron chi connectivity index (χ4n) is 1.82. The second-order valence-corrected chi connectivity index (χ2v) is 4.99. The van der Waals surface area contributed by atoms with Crippen LogP contribution in [0.1, 0.15) is 25.8 Å². The third kappa shape index (κ3) is 4.11. The van der Waals surface area contributed by atoms with E-state index in [-0.39, 0.29) is 5.82 Å². The van der Waals surface area contributed by atoms with Crippen molar-refractivity contribution in [2.45, 2.75) is 32.7 Å². The summed E-state index contributed by atoms with van der Waals surface area (Å²) >= 11 is 5.72. The van der Waals surface area contributed by atoms with E-state index >= 15 is 0 Å². The summed E-state index contributed by atoms with van der Waals surface area (Å²) in [5.74, 6) is 0.393. The maximum Gasteiger partial charge on any atom is 0.127 e. The number of hydrogen-bond donors (Lipinski definition) is 1. The van der Waals surface area contributed by atoms with Gasteiger partial charge in [-0.15, -0.1) is 0 Å². The number of nitrogens with one attached hydrogen (secondary N) is 1. The largest absolute Gasteiger partial charge is 0.317 e. The molecule has 0 aliphatic heterocycles. The van der Waals surface area contributed by atoms with E-state index in [4.69, 9.17) is 11.6 Å². The molecule has 1 rings (SSSR count). The average Bonchev–Trinajstić information content (AvgIpc) is 2.20. The Hall–Kier alpha value is -0.600. The number of halogens is 2. The highest BCUT2D eigenvalue weighted by Gasteiger charge is 2.12. The highest BCUT2D eigenvalue weighted by molar-refractivity contribution is 6.30. The van der Waals surface area contributed by atoms with E-state index < -0.39 is 0 Å². The lowest BCUT2D eigenvalue weighted by Crippen LogP contribution is -2.29. The molecule has 0 fully saturated rings. The minimum absolute atomic E-state index is 0.212. The second-order valence-electron chi connectivity index (χ2n) is 4.56. The Kier molecular flexibility index (Phi) is 5.23. The third-order valence-electron chi connectivity index (χ3n) is 2.65. The van der Waals surface area contributed by atoms with Gasteiger partial charge in [0.1, 0.15) is 5.82 Å². The summed E-state index contributed by atoms with van der Waals surface area (Å²) in [4.78, 5) is 0. The van der Waals surface area contributed by atoms with Gasteiger partial charge in [-0.2, -0.15) is 0 Å². The van der Waals surface area contributed by atoms with Crippen molar-refractivity contribution in [1.82, 2.24) is 5.32 Å². The molecule has 90 valence electrons. The van der Waals surface area contributed by atoms with Gasteiger partial charge in [0.25, 0.3) is 0 Å². The van der Waals surface area contributed by atoms with Crippen LogP contribution >= 0.6 is 11.6 Å². The topological polar surface area (TPSA) is 12.0 Å². The molecule has 16 heavy (non-hydrogen) atoms.